The van der Waals surface area contributed by atoms with Crippen molar-refractivity contribution in [2.45, 2.75) is 19.8 Å². The molecule has 2 aromatic carbocycles. The first-order chi connectivity index (χ1) is 13.6. The molecule has 1 aliphatic heterocycles. The van der Waals surface area contributed by atoms with E-state index in [4.69, 9.17) is 9.47 Å². The molecule has 4 rings (SSSR count). The number of nitrogens with one attached hydrogen (secondary N) is 2. The van der Waals surface area contributed by atoms with Crippen molar-refractivity contribution in [1.29, 1.82) is 0 Å². The number of carbonyl (C=O) groups is 1. The van der Waals surface area contributed by atoms with E-state index in [0.29, 0.717) is 12.2 Å². The molecule has 1 atom stereocenters. The Labute approximate surface area is 164 Å². The number of hydrogen-bond donors (Lipinski definition) is 2. The van der Waals surface area contributed by atoms with Crippen LogP contribution in [0.15, 0.2) is 48.7 Å². The summed E-state index contributed by atoms with van der Waals surface area (Å²) < 4.78 is 10.6. The summed E-state index contributed by atoms with van der Waals surface area (Å²) in [5.74, 6) is 0.770. The van der Waals surface area contributed by atoms with Gasteiger partial charge in [-0.1, -0.05) is 31.2 Å². The first kappa shape index (κ1) is 18.2. The van der Waals surface area contributed by atoms with Gasteiger partial charge in [0, 0.05) is 29.6 Å². The smallest absolute Gasteiger partial charge is 0.341 e. The lowest BCUT2D eigenvalue weighted by Crippen LogP contribution is -2.13. The third kappa shape index (κ3) is 3.13. The van der Waals surface area contributed by atoms with Gasteiger partial charge in [0.1, 0.15) is 5.75 Å². The number of hydrogen-bond acceptors (Lipinski definition) is 4. The Hall–Kier alpha value is -3.21. The van der Waals surface area contributed by atoms with E-state index in [1.807, 2.05) is 25.1 Å². The Balaban J connectivity index is 1.85. The maximum Gasteiger partial charge on any atom is 0.341 e. The molecule has 0 bridgehead atoms. The van der Waals surface area contributed by atoms with Crippen LogP contribution in [0.5, 0.6) is 5.75 Å². The number of rotatable bonds is 4. The highest BCUT2D eigenvalue weighted by Crippen LogP contribution is 2.37. The number of esters is 1. The Morgan fingerprint density at radius 3 is 2.79 bits per heavy atom. The predicted molar refractivity (Wildman–Crippen MR) is 111 cm³/mol. The van der Waals surface area contributed by atoms with E-state index in [2.05, 4.69) is 41.5 Å². The minimum Gasteiger partial charge on any atom is -0.497 e. The number of fused-ring (bicyclic) bond motifs is 3. The van der Waals surface area contributed by atoms with Crippen LogP contribution in [0.1, 0.15) is 31.0 Å². The van der Waals surface area contributed by atoms with Crippen molar-refractivity contribution in [3.8, 4) is 16.9 Å². The number of ether oxygens (including phenoxy) is 2. The summed E-state index contributed by atoms with van der Waals surface area (Å²) in [5.41, 5.74) is 5.72. The van der Waals surface area contributed by atoms with Crippen molar-refractivity contribution in [3.05, 3.63) is 59.9 Å². The standard InChI is InChI=1S/C23H24N2O3/c1-4-28-23(26)19-13-24-12-14(2)21-18-9-8-16(11-20(18)25-22(19)21)15-6-5-7-17(10-15)27-3/h5-11,13-14,24-25H,4,12H2,1-3H3. The van der Waals surface area contributed by atoms with E-state index in [1.165, 1.54) is 0 Å². The van der Waals surface area contributed by atoms with Crippen molar-refractivity contribution in [2.75, 3.05) is 20.3 Å². The molecule has 0 radical (unpaired) electrons. The molecule has 144 valence electrons. The van der Waals surface area contributed by atoms with Gasteiger partial charge in [-0.2, -0.15) is 0 Å². The number of aromatic amines is 1. The fraction of sp³-hybridized carbons (Fsp3) is 0.261. The van der Waals surface area contributed by atoms with Crippen LogP contribution in [-0.2, 0) is 9.53 Å². The summed E-state index contributed by atoms with van der Waals surface area (Å²) in [7, 11) is 1.67. The van der Waals surface area contributed by atoms with Crippen molar-refractivity contribution >= 4 is 22.4 Å². The van der Waals surface area contributed by atoms with Crippen molar-refractivity contribution in [2.24, 2.45) is 0 Å². The Morgan fingerprint density at radius 1 is 1.18 bits per heavy atom. The van der Waals surface area contributed by atoms with Gasteiger partial charge in [0.25, 0.3) is 0 Å². The van der Waals surface area contributed by atoms with Crippen molar-refractivity contribution in [1.82, 2.24) is 10.3 Å². The molecule has 1 aliphatic rings. The summed E-state index contributed by atoms with van der Waals surface area (Å²) in [4.78, 5) is 16.0. The Morgan fingerprint density at radius 2 is 2.00 bits per heavy atom. The summed E-state index contributed by atoms with van der Waals surface area (Å²) in [6.07, 6.45) is 1.76. The monoisotopic (exact) mass is 376 g/mol. The van der Waals surface area contributed by atoms with E-state index in [1.54, 1.807) is 13.3 Å². The third-order valence-corrected chi connectivity index (χ3v) is 5.17. The lowest BCUT2D eigenvalue weighted by Gasteiger charge is -2.10. The Bertz CT molecular complexity index is 1060. The maximum absolute atomic E-state index is 12.5. The lowest BCUT2D eigenvalue weighted by atomic mass is 9.95. The molecule has 1 unspecified atom stereocenters. The molecule has 1 aromatic heterocycles. The van der Waals surface area contributed by atoms with Gasteiger partial charge < -0.3 is 19.8 Å². The maximum atomic E-state index is 12.5. The van der Waals surface area contributed by atoms with Gasteiger partial charge in [-0.15, -0.1) is 0 Å². The molecule has 0 aliphatic carbocycles. The first-order valence-corrected chi connectivity index (χ1v) is 9.53. The molecule has 0 amide bonds. The van der Waals surface area contributed by atoms with Gasteiger partial charge in [-0.3, -0.25) is 0 Å². The number of benzene rings is 2. The van der Waals surface area contributed by atoms with Crippen LogP contribution in [0.25, 0.3) is 27.6 Å². The third-order valence-electron chi connectivity index (χ3n) is 5.17. The van der Waals surface area contributed by atoms with Gasteiger partial charge in [0.15, 0.2) is 0 Å². The quantitative estimate of drug-likeness (QED) is 0.660. The molecule has 2 N–H and O–H groups in total. The van der Waals surface area contributed by atoms with Gasteiger partial charge >= 0.3 is 5.97 Å². The molecule has 2 heterocycles. The minimum atomic E-state index is -0.315. The normalized spacial score (nSPS) is 16.0. The second-order valence-electron chi connectivity index (χ2n) is 6.99. The van der Waals surface area contributed by atoms with Crippen LogP contribution in [0.2, 0.25) is 0 Å². The molecule has 5 nitrogen and oxygen atoms in total. The molecule has 0 fully saturated rings. The molecule has 28 heavy (non-hydrogen) atoms. The predicted octanol–water partition coefficient (Wildman–Crippen LogP) is 4.45. The van der Waals surface area contributed by atoms with Gasteiger partial charge in [0.2, 0.25) is 0 Å². The zero-order valence-electron chi connectivity index (χ0n) is 16.3. The average Bonchev–Trinajstić information content (AvgIpc) is 3.01. The fourth-order valence-corrected chi connectivity index (χ4v) is 3.81. The van der Waals surface area contributed by atoms with Crippen molar-refractivity contribution < 1.29 is 14.3 Å². The molecular weight excluding hydrogens is 352 g/mol. The fourth-order valence-electron chi connectivity index (χ4n) is 3.81. The number of aromatic nitrogens is 1. The van der Waals surface area contributed by atoms with Crippen LogP contribution in [-0.4, -0.2) is 31.2 Å². The lowest BCUT2D eigenvalue weighted by molar-refractivity contribution is -0.136. The summed E-state index contributed by atoms with van der Waals surface area (Å²) >= 11 is 0. The molecular formula is C23H24N2O3. The number of H-pyrrole nitrogens is 1. The Kier molecular flexibility index (Phi) is 4.82. The van der Waals surface area contributed by atoms with Gasteiger partial charge in [-0.25, -0.2) is 4.79 Å². The van der Waals surface area contributed by atoms with Crippen molar-refractivity contribution in [3.63, 3.8) is 0 Å². The van der Waals surface area contributed by atoms with Gasteiger partial charge in [-0.05, 0) is 41.8 Å². The zero-order valence-corrected chi connectivity index (χ0v) is 16.3. The molecule has 0 saturated heterocycles. The SMILES string of the molecule is CCOC(=O)C1=CNCC(C)c2c1[nH]c1cc(-c3cccc(OC)c3)ccc21. The van der Waals surface area contributed by atoms with Crippen LogP contribution >= 0.6 is 0 Å². The number of methoxy groups -OCH3 is 1. The van der Waals surface area contributed by atoms with Crippen LogP contribution in [0.4, 0.5) is 0 Å². The first-order valence-electron chi connectivity index (χ1n) is 9.53. The second-order valence-corrected chi connectivity index (χ2v) is 6.99. The van der Waals surface area contributed by atoms with E-state index < -0.39 is 0 Å². The molecule has 0 spiro atoms. The molecule has 0 saturated carbocycles. The topological polar surface area (TPSA) is 63.3 Å². The van der Waals surface area contributed by atoms with E-state index >= 15 is 0 Å². The highest BCUT2D eigenvalue weighted by Gasteiger charge is 2.26. The van der Waals surface area contributed by atoms with Crippen LogP contribution in [0.3, 0.4) is 0 Å². The number of carbonyl (C=O) groups excluding carboxylic acids is 1. The van der Waals surface area contributed by atoms with Crippen LogP contribution < -0.4 is 10.1 Å². The molecule has 5 heteroatoms. The zero-order chi connectivity index (χ0) is 19.7. The van der Waals surface area contributed by atoms with E-state index in [-0.39, 0.29) is 11.9 Å². The molecule has 3 aromatic rings. The highest BCUT2D eigenvalue weighted by atomic mass is 16.5. The average molecular weight is 376 g/mol. The van der Waals surface area contributed by atoms with Crippen LogP contribution in [0, 0.1) is 0 Å². The minimum absolute atomic E-state index is 0.259. The van der Waals surface area contributed by atoms with E-state index in [9.17, 15) is 4.79 Å². The van der Waals surface area contributed by atoms with E-state index in [0.717, 1.165) is 45.6 Å². The summed E-state index contributed by atoms with van der Waals surface area (Å²) in [6, 6.07) is 14.4. The largest absolute Gasteiger partial charge is 0.497 e. The summed E-state index contributed by atoms with van der Waals surface area (Å²) in [6.45, 7) is 5.09. The summed E-state index contributed by atoms with van der Waals surface area (Å²) in [5, 5.41) is 4.37. The van der Waals surface area contributed by atoms with Gasteiger partial charge in [0.05, 0.1) is 25.0 Å². The highest BCUT2D eigenvalue weighted by molar-refractivity contribution is 6.17. The second kappa shape index (κ2) is 7.43.